The predicted octanol–water partition coefficient (Wildman–Crippen LogP) is 2.20. The van der Waals surface area contributed by atoms with Crippen molar-refractivity contribution in [2.75, 3.05) is 13.1 Å². The van der Waals surface area contributed by atoms with E-state index < -0.39 is 5.60 Å². The first kappa shape index (κ1) is 17.2. The molecule has 4 rings (SSSR count). The molecule has 0 radical (unpaired) electrons. The minimum absolute atomic E-state index is 0.137. The smallest absolute Gasteiger partial charge is 0.222 e. The number of benzene rings is 1. The van der Waals surface area contributed by atoms with Gasteiger partial charge >= 0.3 is 0 Å². The van der Waals surface area contributed by atoms with Gasteiger partial charge in [-0.25, -0.2) is 4.98 Å². The molecule has 3 atom stereocenters. The van der Waals surface area contributed by atoms with Gasteiger partial charge in [-0.3, -0.25) is 9.48 Å². The van der Waals surface area contributed by atoms with Crippen LogP contribution in [-0.4, -0.2) is 43.8 Å². The van der Waals surface area contributed by atoms with Crippen LogP contribution in [-0.2, 0) is 16.9 Å². The lowest BCUT2D eigenvalue weighted by Gasteiger charge is -2.41. The second-order valence-electron chi connectivity index (χ2n) is 7.61. The summed E-state index contributed by atoms with van der Waals surface area (Å²) in [6.07, 6.45) is 7.36. The number of carbonyl (C=O) groups is 1. The van der Waals surface area contributed by atoms with E-state index in [0.717, 1.165) is 37.8 Å². The lowest BCUT2D eigenvalue weighted by molar-refractivity contribution is -0.131. The molecule has 1 aromatic carbocycles. The highest BCUT2D eigenvalue weighted by Crippen LogP contribution is 2.48. The quantitative estimate of drug-likeness (QED) is 0.894. The number of aryl methyl sites for hydroxylation is 1. The molecule has 2 aliphatic rings. The molecular weight excluding hydrogens is 328 g/mol. The Bertz CT molecular complexity index is 734. The van der Waals surface area contributed by atoms with Crippen LogP contribution < -0.4 is 0 Å². The molecular formula is C20H26N4O2. The van der Waals surface area contributed by atoms with E-state index >= 15 is 0 Å². The normalized spacial score (nSPS) is 28.1. The highest BCUT2D eigenvalue weighted by Gasteiger charge is 2.50. The molecule has 1 saturated carbocycles. The minimum atomic E-state index is -0.806. The molecule has 138 valence electrons. The fourth-order valence-electron chi connectivity index (χ4n) is 4.71. The van der Waals surface area contributed by atoms with Crippen molar-refractivity contribution >= 4 is 5.91 Å². The Hall–Kier alpha value is -2.21. The standard InChI is InChI=1S/C20H26N4O2/c25-19(9-5-11-24-15-21-14-22-24)23-12-16-6-4-10-20(26,18(16)13-23)17-7-2-1-3-8-17/h1-3,7-8,14-16,18,26H,4-6,9-13H2/t16-,18+,20+/m0/s1. The Morgan fingerprint density at radius 2 is 2.12 bits per heavy atom. The summed E-state index contributed by atoms with van der Waals surface area (Å²) in [6, 6.07) is 9.99. The largest absolute Gasteiger partial charge is 0.385 e. The van der Waals surface area contributed by atoms with E-state index in [9.17, 15) is 9.90 Å². The first-order valence-electron chi connectivity index (χ1n) is 9.55. The van der Waals surface area contributed by atoms with Crippen molar-refractivity contribution in [3.63, 3.8) is 0 Å². The molecule has 2 fully saturated rings. The van der Waals surface area contributed by atoms with E-state index in [1.807, 2.05) is 35.2 Å². The average molecular weight is 354 g/mol. The summed E-state index contributed by atoms with van der Waals surface area (Å²) in [7, 11) is 0. The van der Waals surface area contributed by atoms with Gasteiger partial charge in [0.2, 0.25) is 5.91 Å². The molecule has 26 heavy (non-hydrogen) atoms. The second-order valence-corrected chi connectivity index (χ2v) is 7.61. The molecule has 6 nitrogen and oxygen atoms in total. The van der Waals surface area contributed by atoms with Crippen LogP contribution in [0.5, 0.6) is 0 Å². The number of nitrogens with zero attached hydrogens (tertiary/aromatic N) is 4. The summed E-state index contributed by atoms with van der Waals surface area (Å²) >= 11 is 0. The number of hydrogen-bond acceptors (Lipinski definition) is 4. The number of aliphatic hydroxyl groups is 1. The highest BCUT2D eigenvalue weighted by atomic mass is 16.3. The predicted molar refractivity (Wildman–Crippen MR) is 97.0 cm³/mol. The van der Waals surface area contributed by atoms with Crippen LogP contribution in [0.15, 0.2) is 43.0 Å². The van der Waals surface area contributed by atoms with Crippen molar-refractivity contribution < 1.29 is 9.90 Å². The maximum Gasteiger partial charge on any atom is 0.222 e. The van der Waals surface area contributed by atoms with Gasteiger partial charge < -0.3 is 10.0 Å². The summed E-state index contributed by atoms with van der Waals surface area (Å²) in [5.74, 6) is 0.723. The summed E-state index contributed by atoms with van der Waals surface area (Å²) in [5.41, 5.74) is 0.190. The van der Waals surface area contributed by atoms with Gasteiger partial charge in [-0.2, -0.15) is 5.10 Å². The molecule has 1 aliphatic heterocycles. The monoisotopic (exact) mass is 354 g/mol. The first-order valence-corrected chi connectivity index (χ1v) is 9.55. The van der Waals surface area contributed by atoms with Crippen molar-refractivity contribution in [1.29, 1.82) is 0 Å². The zero-order chi connectivity index (χ0) is 18.0. The average Bonchev–Trinajstić information content (AvgIpc) is 3.33. The van der Waals surface area contributed by atoms with Gasteiger partial charge in [-0.05, 0) is 37.2 Å². The molecule has 1 N–H and O–H groups in total. The van der Waals surface area contributed by atoms with Gasteiger partial charge in [0, 0.05) is 32.0 Å². The van der Waals surface area contributed by atoms with Gasteiger partial charge in [0.25, 0.3) is 0 Å². The van der Waals surface area contributed by atoms with Crippen LogP contribution in [0.4, 0.5) is 0 Å². The SMILES string of the molecule is O=C(CCCn1cncn1)N1C[C@@H]2CCC[C@@](O)(c3ccccc3)[C@@H]2C1. The molecule has 1 saturated heterocycles. The Balaban J connectivity index is 1.40. The number of likely N-dealkylation sites (tertiary alicyclic amines) is 1. The fraction of sp³-hybridized carbons (Fsp3) is 0.550. The Morgan fingerprint density at radius 1 is 1.27 bits per heavy atom. The van der Waals surface area contributed by atoms with Crippen LogP contribution in [0.25, 0.3) is 0 Å². The third kappa shape index (κ3) is 3.26. The Morgan fingerprint density at radius 3 is 2.88 bits per heavy atom. The highest BCUT2D eigenvalue weighted by molar-refractivity contribution is 5.76. The number of hydrogen-bond donors (Lipinski definition) is 1. The molecule has 2 aromatic rings. The van der Waals surface area contributed by atoms with Crippen molar-refractivity contribution in [2.45, 2.75) is 44.2 Å². The van der Waals surface area contributed by atoms with Gasteiger partial charge in [0.1, 0.15) is 12.7 Å². The second kappa shape index (κ2) is 7.19. The molecule has 1 amide bonds. The van der Waals surface area contributed by atoms with Crippen LogP contribution >= 0.6 is 0 Å². The molecule has 2 heterocycles. The molecule has 1 aliphatic carbocycles. The van der Waals surface area contributed by atoms with E-state index in [1.165, 1.54) is 6.33 Å². The van der Waals surface area contributed by atoms with Crippen molar-refractivity contribution in [3.05, 3.63) is 48.5 Å². The van der Waals surface area contributed by atoms with Crippen LogP contribution in [0.3, 0.4) is 0 Å². The third-order valence-electron chi connectivity index (χ3n) is 6.06. The molecule has 1 aromatic heterocycles. The lowest BCUT2D eigenvalue weighted by Crippen LogP contribution is -2.42. The van der Waals surface area contributed by atoms with Gasteiger partial charge in [-0.1, -0.05) is 30.3 Å². The van der Waals surface area contributed by atoms with E-state index in [1.54, 1.807) is 11.0 Å². The maximum atomic E-state index is 12.7. The van der Waals surface area contributed by atoms with Gasteiger partial charge in [0.15, 0.2) is 0 Å². The number of fused-ring (bicyclic) bond motifs is 1. The molecule has 0 spiro atoms. The third-order valence-corrected chi connectivity index (χ3v) is 6.06. The van der Waals surface area contributed by atoms with E-state index in [4.69, 9.17) is 0 Å². The maximum absolute atomic E-state index is 12.7. The van der Waals surface area contributed by atoms with Crippen LogP contribution in [0.2, 0.25) is 0 Å². The molecule has 0 bridgehead atoms. The number of amides is 1. The van der Waals surface area contributed by atoms with Gasteiger partial charge in [-0.15, -0.1) is 0 Å². The van der Waals surface area contributed by atoms with Crippen LogP contribution in [0, 0.1) is 11.8 Å². The molecule has 0 unspecified atom stereocenters. The zero-order valence-electron chi connectivity index (χ0n) is 15.0. The summed E-state index contributed by atoms with van der Waals surface area (Å²) < 4.78 is 1.76. The summed E-state index contributed by atoms with van der Waals surface area (Å²) in [6.45, 7) is 2.15. The Kier molecular flexibility index (Phi) is 4.76. The summed E-state index contributed by atoms with van der Waals surface area (Å²) in [5, 5.41) is 15.5. The zero-order valence-corrected chi connectivity index (χ0v) is 15.0. The van der Waals surface area contributed by atoms with E-state index in [2.05, 4.69) is 10.1 Å². The van der Waals surface area contributed by atoms with E-state index in [-0.39, 0.29) is 11.8 Å². The fourth-order valence-corrected chi connectivity index (χ4v) is 4.71. The number of rotatable bonds is 5. The first-order chi connectivity index (χ1) is 12.7. The van der Waals surface area contributed by atoms with Gasteiger partial charge in [0.05, 0.1) is 5.60 Å². The lowest BCUT2D eigenvalue weighted by atomic mass is 9.67. The van der Waals surface area contributed by atoms with Crippen molar-refractivity contribution in [3.8, 4) is 0 Å². The topological polar surface area (TPSA) is 71.2 Å². The number of aromatic nitrogens is 3. The van der Waals surface area contributed by atoms with Crippen molar-refractivity contribution in [1.82, 2.24) is 19.7 Å². The number of carbonyl (C=O) groups excluding carboxylic acids is 1. The van der Waals surface area contributed by atoms with Crippen LogP contribution in [0.1, 0.15) is 37.7 Å². The minimum Gasteiger partial charge on any atom is -0.385 e. The van der Waals surface area contributed by atoms with E-state index in [0.29, 0.717) is 25.4 Å². The summed E-state index contributed by atoms with van der Waals surface area (Å²) in [4.78, 5) is 18.6. The molecule has 6 heteroatoms. The van der Waals surface area contributed by atoms with Crippen molar-refractivity contribution in [2.24, 2.45) is 11.8 Å². The Labute approximate surface area is 153 Å².